The van der Waals surface area contributed by atoms with Crippen LogP contribution in [0.3, 0.4) is 0 Å². The summed E-state index contributed by atoms with van der Waals surface area (Å²) < 4.78 is 5.17. The Bertz CT molecular complexity index is 656. The zero-order valence-electron chi connectivity index (χ0n) is 16.5. The van der Waals surface area contributed by atoms with Crippen molar-refractivity contribution in [3.63, 3.8) is 0 Å². The standard InChI is InChI=1S/C18H30N6O3.HI/c1-13-6-11-27-16(13)17(26)21-7-3-8-22-18(20-2)23-14-4-9-24(10-5-14)12-15(19)25;/h6,11,14H,3-5,7-10,12H2,1-2H3,(H2,19,25)(H,21,26)(H2,20,22,23);1H. The minimum absolute atomic E-state index is 0. The average molecular weight is 506 g/mol. The SMILES string of the molecule is CN=C(NCCCNC(=O)c1occc1C)NC1CCN(CC(N)=O)CC1.I. The van der Waals surface area contributed by atoms with Crippen LogP contribution in [0, 0.1) is 6.92 Å². The molecule has 2 amide bonds. The van der Waals surface area contributed by atoms with Gasteiger partial charge in [0.2, 0.25) is 5.91 Å². The molecule has 1 saturated heterocycles. The molecule has 10 heteroatoms. The Kier molecular flexibility index (Phi) is 10.9. The van der Waals surface area contributed by atoms with Crippen LogP contribution in [0.1, 0.15) is 35.4 Å². The maximum Gasteiger partial charge on any atom is 0.287 e. The van der Waals surface area contributed by atoms with Gasteiger partial charge >= 0.3 is 0 Å². The fourth-order valence-electron chi connectivity index (χ4n) is 3.03. The van der Waals surface area contributed by atoms with E-state index in [4.69, 9.17) is 10.2 Å². The van der Waals surface area contributed by atoms with Gasteiger partial charge < -0.3 is 26.1 Å². The highest BCUT2D eigenvalue weighted by Gasteiger charge is 2.20. The average Bonchev–Trinajstić information content (AvgIpc) is 3.07. The number of nitrogens with one attached hydrogen (secondary N) is 3. The minimum Gasteiger partial charge on any atom is -0.459 e. The molecule has 1 aliphatic heterocycles. The quantitative estimate of drug-likeness (QED) is 0.176. The summed E-state index contributed by atoms with van der Waals surface area (Å²) in [4.78, 5) is 29.2. The van der Waals surface area contributed by atoms with Crippen molar-refractivity contribution in [2.75, 3.05) is 39.8 Å². The number of primary amides is 1. The second-order valence-corrected chi connectivity index (χ2v) is 6.70. The number of nitrogens with two attached hydrogens (primary N) is 1. The van der Waals surface area contributed by atoms with Gasteiger partial charge in [-0.3, -0.25) is 19.5 Å². The van der Waals surface area contributed by atoms with Crippen molar-refractivity contribution in [2.45, 2.75) is 32.2 Å². The van der Waals surface area contributed by atoms with E-state index in [1.165, 1.54) is 6.26 Å². The highest BCUT2D eigenvalue weighted by molar-refractivity contribution is 14.0. The summed E-state index contributed by atoms with van der Waals surface area (Å²) in [6.45, 7) is 5.09. The van der Waals surface area contributed by atoms with Crippen molar-refractivity contribution in [3.05, 3.63) is 23.7 Å². The Hall–Kier alpha value is -1.82. The van der Waals surface area contributed by atoms with E-state index in [2.05, 4.69) is 25.8 Å². The number of halogens is 1. The first-order valence-electron chi connectivity index (χ1n) is 9.29. The van der Waals surface area contributed by atoms with Crippen molar-refractivity contribution in [2.24, 2.45) is 10.7 Å². The number of furan rings is 1. The number of aliphatic imine (C=N–C) groups is 1. The Labute approximate surface area is 182 Å². The van der Waals surface area contributed by atoms with Crippen LogP contribution in [0.15, 0.2) is 21.7 Å². The summed E-state index contributed by atoms with van der Waals surface area (Å²) >= 11 is 0. The number of hydrogen-bond donors (Lipinski definition) is 4. The number of amides is 2. The van der Waals surface area contributed by atoms with Gasteiger partial charge in [0.15, 0.2) is 11.7 Å². The molecule has 0 aromatic carbocycles. The largest absolute Gasteiger partial charge is 0.459 e. The number of hydrogen-bond acceptors (Lipinski definition) is 5. The lowest BCUT2D eigenvalue weighted by Crippen LogP contribution is -2.50. The summed E-state index contributed by atoms with van der Waals surface area (Å²) in [6.07, 6.45) is 4.15. The van der Waals surface area contributed by atoms with Crippen LogP contribution in [0.5, 0.6) is 0 Å². The molecular weight excluding hydrogens is 475 g/mol. The van der Waals surface area contributed by atoms with E-state index in [1.807, 2.05) is 6.92 Å². The Morgan fingerprint density at radius 1 is 1.29 bits per heavy atom. The van der Waals surface area contributed by atoms with Gasteiger partial charge in [-0.25, -0.2) is 0 Å². The third-order valence-electron chi connectivity index (χ3n) is 4.53. The lowest BCUT2D eigenvalue weighted by molar-refractivity contribution is -0.119. The van der Waals surface area contributed by atoms with Crippen molar-refractivity contribution >= 4 is 41.8 Å². The summed E-state index contributed by atoms with van der Waals surface area (Å²) in [5, 5.41) is 9.50. The number of guanidine groups is 1. The van der Waals surface area contributed by atoms with Crippen molar-refractivity contribution in [1.29, 1.82) is 0 Å². The van der Waals surface area contributed by atoms with Crippen LogP contribution in [-0.2, 0) is 4.79 Å². The molecule has 0 spiro atoms. The molecule has 0 atom stereocenters. The van der Waals surface area contributed by atoms with E-state index >= 15 is 0 Å². The Morgan fingerprint density at radius 2 is 1.96 bits per heavy atom. The molecule has 5 N–H and O–H groups in total. The van der Waals surface area contributed by atoms with Crippen LogP contribution in [-0.4, -0.2) is 68.5 Å². The number of likely N-dealkylation sites (tertiary alicyclic amines) is 1. The zero-order chi connectivity index (χ0) is 19.6. The van der Waals surface area contributed by atoms with Crippen molar-refractivity contribution in [3.8, 4) is 0 Å². The molecular formula is C18H31IN6O3. The van der Waals surface area contributed by atoms with E-state index in [0.717, 1.165) is 43.9 Å². The van der Waals surface area contributed by atoms with Crippen LogP contribution in [0.2, 0.25) is 0 Å². The van der Waals surface area contributed by atoms with Gasteiger partial charge in [0.1, 0.15) is 0 Å². The van der Waals surface area contributed by atoms with Crippen LogP contribution in [0.25, 0.3) is 0 Å². The normalized spacial score (nSPS) is 15.6. The molecule has 158 valence electrons. The van der Waals surface area contributed by atoms with Gasteiger partial charge in [-0.2, -0.15) is 0 Å². The summed E-state index contributed by atoms with van der Waals surface area (Å²) in [7, 11) is 1.74. The molecule has 2 heterocycles. The molecule has 1 aromatic rings. The lowest BCUT2D eigenvalue weighted by atomic mass is 10.1. The fourth-order valence-corrected chi connectivity index (χ4v) is 3.03. The van der Waals surface area contributed by atoms with E-state index in [1.54, 1.807) is 13.1 Å². The van der Waals surface area contributed by atoms with Crippen molar-refractivity contribution in [1.82, 2.24) is 20.9 Å². The number of rotatable bonds is 8. The molecule has 1 aromatic heterocycles. The van der Waals surface area contributed by atoms with E-state index in [0.29, 0.717) is 31.4 Å². The second kappa shape index (κ2) is 12.6. The van der Waals surface area contributed by atoms with Gasteiger partial charge in [0.05, 0.1) is 12.8 Å². The van der Waals surface area contributed by atoms with Gasteiger partial charge in [-0.1, -0.05) is 0 Å². The van der Waals surface area contributed by atoms with E-state index in [9.17, 15) is 9.59 Å². The summed E-state index contributed by atoms with van der Waals surface area (Å²) in [5.41, 5.74) is 6.07. The van der Waals surface area contributed by atoms with Crippen LogP contribution >= 0.6 is 24.0 Å². The highest BCUT2D eigenvalue weighted by Crippen LogP contribution is 2.10. The molecule has 2 rings (SSSR count). The van der Waals surface area contributed by atoms with Gasteiger partial charge in [0, 0.05) is 44.8 Å². The van der Waals surface area contributed by atoms with E-state index in [-0.39, 0.29) is 35.8 Å². The van der Waals surface area contributed by atoms with Gasteiger partial charge in [-0.15, -0.1) is 24.0 Å². The predicted octanol–water partition coefficient (Wildman–Crippen LogP) is 0.441. The smallest absolute Gasteiger partial charge is 0.287 e. The molecule has 1 fully saturated rings. The van der Waals surface area contributed by atoms with Crippen LogP contribution < -0.4 is 21.7 Å². The monoisotopic (exact) mass is 506 g/mol. The molecule has 0 unspecified atom stereocenters. The zero-order valence-corrected chi connectivity index (χ0v) is 18.8. The number of aryl methyl sites for hydroxylation is 1. The third kappa shape index (κ3) is 8.05. The maximum absolute atomic E-state index is 11.9. The molecule has 1 aliphatic rings. The number of nitrogens with zero attached hydrogens (tertiary/aromatic N) is 2. The molecule has 9 nitrogen and oxygen atoms in total. The summed E-state index contributed by atoms with van der Waals surface area (Å²) in [6, 6.07) is 2.09. The Balaban J connectivity index is 0.00000392. The maximum atomic E-state index is 11.9. The highest BCUT2D eigenvalue weighted by atomic mass is 127. The lowest BCUT2D eigenvalue weighted by Gasteiger charge is -2.32. The third-order valence-corrected chi connectivity index (χ3v) is 4.53. The van der Waals surface area contributed by atoms with Crippen molar-refractivity contribution < 1.29 is 14.0 Å². The first kappa shape index (κ1) is 24.2. The van der Waals surface area contributed by atoms with E-state index < -0.39 is 0 Å². The Morgan fingerprint density at radius 3 is 2.54 bits per heavy atom. The molecule has 0 aliphatic carbocycles. The topological polar surface area (TPSA) is 125 Å². The number of piperidine rings is 1. The first-order valence-corrected chi connectivity index (χ1v) is 9.29. The number of carbonyl (C=O) groups excluding carboxylic acids is 2. The first-order chi connectivity index (χ1) is 13.0. The van der Waals surface area contributed by atoms with Crippen LogP contribution in [0.4, 0.5) is 0 Å². The fraction of sp³-hybridized carbons (Fsp3) is 0.611. The van der Waals surface area contributed by atoms with Gasteiger partial charge in [0.25, 0.3) is 5.91 Å². The molecule has 0 radical (unpaired) electrons. The molecule has 0 saturated carbocycles. The molecule has 28 heavy (non-hydrogen) atoms. The number of carbonyl (C=O) groups is 2. The second-order valence-electron chi connectivity index (χ2n) is 6.70. The predicted molar refractivity (Wildman–Crippen MR) is 119 cm³/mol. The summed E-state index contributed by atoms with van der Waals surface area (Å²) in [5.74, 6) is 0.635. The molecule has 0 bridgehead atoms. The minimum atomic E-state index is -0.284. The van der Waals surface area contributed by atoms with Gasteiger partial charge in [-0.05, 0) is 32.3 Å².